The summed E-state index contributed by atoms with van der Waals surface area (Å²) in [6.07, 6.45) is 0.511. The summed E-state index contributed by atoms with van der Waals surface area (Å²) in [4.78, 5) is 14.2. The van der Waals surface area contributed by atoms with Crippen molar-refractivity contribution < 1.29 is 4.79 Å². The molecule has 1 aromatic carbocycles. The summed E-state index contributed by atoms with van der Waals surface area (Å²) in [6.45, 7) is 5.98. The number of hydrogen-bond donors (Lipinski definition) is 2. The zero-order valence-electron chi connectivity index (χ0n) is 11.6. The minimum absolute atomic E-state index is 0. The van der Waals surface area contributed by atoms with Crippen LogP contribution in [-0.4, -0.2) is 43.0 Å². The molecule has 1 fully saturated rings. The summed E-state index contributed by atoms with van der Waals surface area (Å²) >= 11 is 5.88. The van der Waals surface area contributed by atoms with Gasteiger partial charge >= 0.3 is 0 Å². The van der Waals surface area contributed by atoms with Gasteiger partial charge in [0.15, 0.2) is 0 Å². The van der Waals surface area contributed by atoms with Gasteiger partial charge in [-0.2, -0.15) is 0 Å². The van der Waals surface area contributed by atoms with E-state index in [9.17, 15) is 4.79 Å². The van der Waals surface area contributed by atoms with Crippen molar-refractivity contribution in [2.75, 3.05) is 31.5 Å². The minimum atomic E-state index is 0. The fourth-order valence-corrected chi connectivity index (χ4v) is 2.44. The number of benzene rings is 1. The Bertz CT molecular complexity index is 442. The summed E-state index contributed by atoms with van der Waals surface area (Å²) in [5, 5.41) is 6.85. The maximum atomic E-state index is 11.9. The molecule has 1 heterocycles. The Balaban J connectivity index is 0.00000200. The third-order valence-corrected chi connectivity index (χ3v) is 3.61. The number of nitrogens with zero attached hydrogens (tertiary/aromatic N) is 1. The first kappa shape index (κ1) is 17.2. The predicted octanol–water partition coefficient (Wildman–Crippen LogP) is 2.38. The number of halogens is 2. The van der Waals surface area contributed by atoms with Crippen molar-refractivity contribution >= 4 is 35.6 Å². The predicted molar refractivity (Wildman–Crippen MR) is 85.9 cm³/mol. The van der Waals surface area contributed by atoms with Crippen LogP contribution in [0.5, 0.6) is 0 Å². The van der Waals surface area contributed by atoms with E-state index in [-0.39, 0.29) is 18.3 Å². The molecule has 2 rings (SSSR count). The maximum absolute atomic E-state index is 11.9. The summed E-state index contributed by atoms with van der Waals surface area (Å²) < 4.78 is 0. The molecule has 6 heteroatoms. The van der Waals surface area contributed by atoms with Gasteiger partial charge in [0.2, 0.25) is 5.91 Å². The van der Waals surface area contributed by atoms with Gasteiger partial charge in [0.1, 0.15) is 0 Å². The Hall–Kier alpha value is -0.810. The number of carbonyl (C=O) groups excluding carboxylic acids is 1. The lowest BCUT2D eigenvalue weighted by Crippen LogP contribution is -2.50. The SMILES string of the molecule is CC1CNCCN1CCC(=O)Nc1cccc(Cl)c1.Cl. The molecule has 0 saturated carbocycles. The van der Waals surface area contributed by atoms with Gasteiger partial charge in [-0.1, -0.05) is 17.7 Å². The van der Waals surface area contributed by atoms with Gasteiger partial charge in [-0.3, -0.25) is 9.69 Å². The van der Waals surface area contributed by atoms with E-state index in [0.717, 1.165) is 31.9 Å². The monoisotopic (exact) mass is 317 g/mol. The Morgan fingerprint density at radius 2 is 2.35 bits per heavy atom. The molecule has 1 unspecified atom stereocenters. The second kappa shape index (κ2) is 8.47. The van der Waals surface area contributed by atoms with E-state index in [4.69, 9.17) is 11.6 Å². The molecule has 1 aliphatic rings. The maximum Gasteiger partial charge on any atom is 0.225 e. The smallest absolute Gasteiger partial charge is 0.225 e. The van der Waals surface area contributed by atoms with Crippen LogP contribution in [0.3, 0.4) is 0 Å². The molecule has 1 aliphatic heterocycles. The summed E-state index contributed by atoms with van der Waals surface area (Å²) in [6, 6.07) is 7.72. The number of anilines is 1. The fourth-order valence-electron chi connectivity index (χ4n) is 2.25. The third kappa shape index (κ3) is 5.29. The average molecular weight is 318 g/mol. The van der Waals surface area contributed by atoms with Crippen LogP contribution in [0.2, 0.25) is 5.02 Å². The van der Waals surface area contributed by atoms with Crippen molar-refractivity contribution in [3.8, 4) is 0 Å². The second-order valence-electron chi connectivity index (χ2n) is 4.90. The first-order valence-corrected chi connectivity index (χ1v) is 7.03. The molecule has 4 nitrogen and oxygen atoms in total. The topological polar surface area (TPSA) is 44.4 Å². The zero-order chi connectivity index (χ0) is 13.7. The van der Waals surface area contributed by atoms with E-state index >= 15 is 0 Å². The molecular formula is C14H21Cl2N3O. The molecule has 2 N–H and O–H groups in total. The van der Waals surface area contributed by atoms with Gasteiger partial charge in [-0.15, -0.1) is 12.4 Å². The number of hydrogen-bond acceptors (Lipinski definition) is 3. The Labute approximate surface area is 131 Å². The van der Waals surface area contributed by atoms with Crippen LogP contribution in [0.4, 0.5) is 5.69 Å². The molecule has 0 aliphatic carbocycles. The fraction of sp³-hybridized carbons (Fsp3) is 0.500. The number of amides is 1. The lowest BCUT2D eigenvalue weighted by molar-refractivity contribution is -0.116. The first-order valence-electron chi connectivity index (χ1n) is 6.65. The van der Waals surface area contributed by atoms with Crippen LogP contribution < -0.4 is 10.6 Å². The Morgan fingerprint density at radius 3 is 3.05 bits per heavy atom. The third-order valence-electron chi connectivity index (χ3n) is 3.37. The molecular weight excluding hydrogens is 297 g/mol. The van der Waals surface area contributed by atoms with E-state index < -0.39 is 0 Å². The van der Waals surface area contributed by atoms with Gasteiger partial charge in [0.05, 0.1) is 0 Å². The van der Waals surface area contributed by atoms with Crippen LogP contribution in [0.1, 0.15) is 13.3 Å². The van der Waals surface area contributed by atoms with Crippen molar-refractivity contribution in [1.29, 1.82) is 0 Å². The van der Waals surface area contributed by atoms with E-state index in [2.05, 4.69) is 22.5 Å². The molecule has 0 radical (unpaired) electrons. The van der Waals surface area contributed by atoms with Gasteiger partial charge in [0.25, 0.3) is 0 Å². The summed E-state index contributed by atoms with van der Waals surface area (Å²) in [7, 11) is 0. The number of rotatable bonds is 4. The minimum Gasteiger partial charge on any atom is -0.326 e. The molecule has 0 spiro atoms. The van der Waals surface area contributed by atoms with Crippen molar-refractivity contribution in [2.24, 2.45) is 0 Å². The van der Waals surface area contributed by atoms with Gasteiger partial charge in [-0.25, -0.2) is 0 Å². The van der Waals surface area contributed by atoms with E-state index in [1.165, 1.54) is 0 Å². The van der Waals surface area contributed by atoms with E-state index in [1.807, 2.05) is 12.1 Å². The standard InChI is InChI=1S/C14H20ClN3O.ClH/c1-11-10-16-6-8-18(11)7-5-14(19)17-13-4-2-3-12(15)9-13;/h2-4,9,11,16H,5-8,10H2,1H3,(H,17,19);1H. The van der Waals surface area contributed by atoms with Crippen LogP contribution in [0.15, 0.2) is 24.3 Å². The molecule has 1 atom stereocenters. The molecule has 0 bridgehead atoms. The number of nitrogens with one attached hydrogen (secondary N) is 2. The summed E-state index contributed by atoms with van der Waals surface area (Å²) in [5.41, 5.74) is 0.755. The number of carbonyl (C=O) groups is 1. The van der Waals surface area contributed by atoms with Crippen LogP contribution in [0, 0.1) is 0 Å². The normalized spacial score (nSPS) is 19.2. The lowest BCUT2D eigenvalue weighted by Gasteiger charge is -2.33. The quantitative estimate of drug-likeness (QED) is 0.896. The zero-order valence-corrected chi connectivity index (χ0v) is 13.1. The van der Waals surface area contributed by atoms with Crippen LogP contribution >= 0.6 is 24.0 Å². The largest absolute Gasteiger partial charge is 0.326 e. The van der Waals surface area contributed by atoms with E-state index in [0.29, 0.717) is 17.5 Å². The first-order chi connectivity index (χ1) is 9.15. The van der Waals surface area contributed by atoms with Crippen molar-refractivity contribution in [3.05, 3.63) is 29.3 Å². The highest BCUT2D eigenvalue weighted by atomic mass is 35.5. The number of piperazine rings is 1. The summed E-state index contributed by atoms with van der Waals surface area (Å²) in [5.74, 6) is 0.0352. The van der Waals surface area contributed by atoms with Crippen LogP contribution in [-0.2, 0) is 4.79 Å². The molecule has 0 aromatic heterocycles. The highest BCUT2D eigenvalue weighted by molar-refractivity contribution is 6.30. The molecule has 112 valence electrons. The van der Waals surface area contributed by atoms with Crippen molar-refractivity contribution in [1.82, 2.24) is 10.2 Å². The molecule has 1 aromatic rings. The van der Waals surface area contributed by atoms with E-state index in [1.54, 1.807) is 12.1 Å². The highest BCUT2D eigenvalue weighted by Gasteiger charge is 2.18. The average Bonchev–Trinajstić information content (AvgIpc) is 2.38. The van der Waals surface area contributed by atoms with Crippen LogP contribution in [0.25, 0.3) is 0 Å². The van der Waals surface area contributed by atoms with Gasteiger partial charge in [-0.05, 0) is 25.1 Å². The Kier molecular flexibility index (Phi) is 7.30. The van der Waals surface area contributed by atoms with Gasteiger partial charge < -0.3 is 10.6 Å². The Morgan fingerprint density at radius 1 is 1.55 bits per heavy atom. The molecule has 20 heavy (non-hydrogen) atoms. The molecule has 1 amide bonds. The lowest BCUT2D eigenvalue weighted by atomic mass is 10.2. The highest BCUT2D eigenvalue weighted by Crippen LogP contribution is 2.15. The van der Waals surface area contributed by atoms with Crippen molar-refractivity contribution in [2.45, 2.75) is 19.4 Å². The molecule has 1 saturated heterocycles. The van der Waals surface area contributed by atoms with Crippen molar-refractivity contribution in [3.63, 3.8) is 0 Å². The second-order valence-corrected chi connectivity index (χ2v) is 5.33. The van der Waals surface area contributed by atoms with Gasteiger partial charge in [0, 0.05) is 49.4 Å².